The Labute approximate surface area is 128 Å². The van der Waals surface area contributed by atoms with Gasteiger partial charge in [-0.05, 0) is 18.6 Å². The summed E-state index contributed by atoms with van der Waals surface area (Å²) in [5.74, 6) is 0.856. The number of pyridine rings is 1. The van der Waals surface area contributed by atoms with Crippen LogP contribution in [0.1, 0.15) is 19.0 Å². The molecule has 0 saturated carbocycles. The van der Waals surface area contributed by atoms with Gasteiger partial charge in [0.1, 0.15) is 5.82 Å². The van der Waals surface area contributed by atoms with E-state index in [-0.39, 0.29) is 11.3 Å². The van der Waals surface area contributed by atoms with E-state index in [2.05, 4.69) is 15.6 Å². The third kappa shape index (κ3) is 6.57. The summed E-state index contributed by atoms with van der Waals surface area (Å²) in [5.41, 5.74) is 0.805. The second kappa shape index (κ2) is 8.61. The SMILES string of the molecule is C[C@H](CCNC(=O)NCc1cccc(N(C)C)n1)[S@](C)=O. The number of amides is 2. The number of anilines is 1. The number of urea groups is 1. The lowest BCUT2D eigenvalue weighted by molar-refractivity contribution is 0.240. The first kappa shape index (κ1) is 17.4. The fourth-order valence-electron chi connectivity index (χ4n) is 1.60. The number of carbonyl (C=O) groups is 1. The van der Waals surface area contributed by atoms with Crippen LogP contribution in [0.15, 0.2) is 18.2 Å². The number of nitrogens with zero attached hydrogens (tertiary/aromatic N) is 2. The molecule has 0 aliphatic rings. The summed E-state index contributed by atoms with van der Waals surface area (Å²) in [4.78, 5) is 18.0. The minimum atomic E-state index is -0.852. The summed E-state index contributed by atoms with van der Waals surface area (Å²) in [6.45, 7) is 2.80. The van der Waals surface area contributed by atoms with Gasteiger partial charge >= 0.3 is 6.03 Å². The van der Waals surface area contributed by atoms with Crippen LogP contribution in [-0.2, 0) is 17.3 Å². The standard InChI is InChI=1S/C14H24N4O2S/c1-11(21(4)20)8-9-15-14(19)16-10-12-6-5-7-13(17-12)18(2)3/h5-7,11H,8-10H2,1-4H3,(H2,15,16,19)/t11-,21+/m1/s1. The van der Waals surface area contributed by atoms with E-state index in [4.69, 9.17) is 0 Å². The van der Waals surface area contributed by atoms with E-state index >= 15 is 0 Å². The van der Waals surface area contributed by atoms with Gasteiger partial charge < -0.3 is 15.5 Å². The first-order valence-corrected chi connectivity index (χ1v) is 8.49. The molecule has 2 atom stereocenters. The van der Waals surface area contributed by atoms with Crippen molar-refractivity contribution < 1.29 is 9.00 Å². The largest absolute Gasteiger partial charge is 0.363 e. The maximum Gasteiger partial charge on any atom is 0.315 e. The minimum absolute atomic E-state index is 0.0868. The molecule has 0 aromatic carbocycles. The van der Waals surface area contributed by atoms with Crippen LogP contribution < -0.4 is 15.5 Å². The summed E-state index contributed by atoms with van der Waals surface area (Å²) in [6.07, 6.45) is 2.37. The van der Waals surface area contributed by atoms with Gasteiger partial charge in [-0.1, -0.05) is 13.0 Å². The van der Waals surface area contributed by atoms with E-state index in [0.717, 1.165) is 11.5 Å². The smallest absolute Gasteiger partial charge is 0.315 e. The third-order valence-corrected chi connectivity index (χ3v) is 4.45. The average molecular weight is 312 g/mol. The molecule has 0 spiro atoms. The molecule has 2 N–H and O–H groups in total. The zero-order valence-corrected chi connectivity index (χ0v) is 13.9. The molecule has 0 fully saturated rings. The van der Waals surface area contributed by atoms with Crippen molar-refractivity contribution in [2.75, 3.05) is 31.8 Å². The predicted molar refractivity (Wildman–Crippen MR) is 86.9 cm³/mol. The Kier molecular flexibility index (Phi) is 7.14. The third-order valence-electron chi connectivity index (χ3n) is 3.08. The van der Waals surface area contributed by atoms with Crippen LogP contribution in [0.25, 0.3) is 0 Å². The van der Waals surface area contributed by atoms with Crippen molar-refractivity contribution in [1.82, 2.24) is 15.6 Å². The first-order valence-electron chi connectivity index (χ1n) is 6.87. The molecule has 0 bridgehead atoms. The average Bonchev–Trinajstić information content (AvgIpc) is 2.45. The molecule has 0 radical (unpaired) electrons. The lowest BCUT2D eigenvalue weighted by Gasteiger charge is -2.13. The molecule has 1 heterocycles. The van der Waals surface area contributed by atoms with Crippen LogP contribution in [0.3, 0.4) is 0 Å². The van der Waals surface area contributed by atoms with Gasteiger partial charge in [0.05, 0.1) is 12.2 Å². The maximum atomic E-state index is 11.7. The zero-order chi connectivity index (χ0) is 15.8. The minimum Gasteiger partial charge on any atom is -0.363 e. The molecule has 1 aromatic heterocycles. The zero-order valence-electron chi connectivity index (χ0n) is 13.0. The van der Waals surface area contributed by atoms with E-state index in [1.807, 2.05) is 44.1 Å². The van der Waals surface area contributed by atoms with Crippen molar-refractivity contribution in [1.29, 1.82) is 0 Å². The Morgan fingerprint density at radius 2 is 2.10 bits per heavy atom. The number of nitrogens with one attached hydrogen (secondary N) is 2. The molecule has 7 heteroatoms. The highest BCUT2D eigenvalue weighted by atomic mass is 32.2. The monoisotopic (exact) mass is 312 g/mol. The number of aromatic nitrogens is 1. The topological polar surface area (TPSA) is 74.3 Å². The Morgan fingerprint density at radius 1 is 1.38 bits per heavy atom. The highest BCUT2D eigenvalue weighted by Crippen LogP contribution is 2.07. The first-order chi connectivity index (χ1) is 9.90. The van der Waals surface area contributed by atoms with Gasteiger partial charge in [0.15, 0.2) is 0 Å². The molecule has 21 heavy (non-hydrogen) atoms. The molecule has 2 amide bonds. The van der Waals surface area contributed by atoms with Gasteiger partial charge in [-0.15, -0.1) is 0 Å². The van der Waals surface area contributed by atoms with Crippen molar-refractivity contribution >= 4 is 22.6 Å². The number of hydrogen-bond donors (Lipinski definition) is 2. The van der Waals surface area contributed by atoms with Gasteiger partial charge in [0, 0.05) is 42.9 Å². The highest BCUT2D eigenvalue weighted by molar-refractivity contribution is 7.84. The van der Waals surface area contributed by atoms with Crippen LogP contribution >= 0.6 is 0 Å². The lowest BCUT2D eigenvalue weighted by atomic mass is 10.3. The van der Waals surface area contributed by atoms with Crippen LogP contribution in [-0.4, -0.2) is 47.4 Å². The van der Waals surface area contributed by atoms with Gasteiger partial charge in [0.25, 0.3) is 0 Å². The van der Waals surface area contributed by atoms with E-state index in [1.54, 1.807) is 6.26 Å². The van der Waals surface area contributed by atoms with Crippen molar-refractivity contribution in [3.05, 3.63) is 23.9 Å². The molecule has 0 aliphatic carbocycles. The molecular weight excluding hydrogens is 288 g/mol. The van der Waals surface area contributed by atoms with Crippen LogP contribution in [0.5, 0.6) is 0 Å². The Balaban J connectivity index is 2.33. The molecule has 0 aliphatic heterocycles. The van der Waals surface area contributed by atoms with E-state index in [0.29, 0.717) is 19.5 Å². The lowest BCUT2D eigenvalue weighted by Crippen LogP contribution is -2.36. The Hall–Kier alpha value is -1.63. The predicted octanol–water partition coefficient (Wildman–Crippen LogP) is 1.10. The summed E-state index contributed by atoms with van der Waals surface area (Å²) in [5, 5.41) is 5.60. The van der Waals surface area contributed by atoms with Crippen molar-refractivity contribution in [3.8, 4) is 0 Å². The molecule has 0 saturated heterocycles. The van der Waals surface area contributed by atoms with E-state index < -0.39 is 10.8 Å². The fourth-order valence-corrected chi connectivity index (χ4v) is 2.05. The highest BCUT2D eigenvalue weighted by Gasteiger charge is 2.07. The van der Waals surface area contributed by atoms with Gasteiger partial charge in [-0.25, -0.2) is 9.78 Å². The summed E-state index contributed by atoms with van der Waals surface area (Å²) in [6, 6.07) is 5.46. The summed E-state index contributed by atoms with van der Waals surface area (Å²) in [7, 11) is 2.99. The van der Waals surface area contributed by atoms with Crippen LogP contribution in [0, 0.1) is 0 Å². The molecule has 0 unspecified atom stereocenters. The molecule has 1 aromatic rings. The van der Waals surface area contributed by atoms with E-state index in [1.165, 1.54) is 0 Å². The van der Waals surface area contributed by atoms with E-state index in [9.17, 15) is 9.00 Å². The molecule has 1 rings (SSSR count). The Bertz CT molecular complexity index is 494. The molecule has 6 nitrogen and oxygen atoms in total. The van der Waals surface area contributed by atoms with Crippen LogP contribution in [0.4, 0.5) is 10.6 Å². The summed E-state index contributed by atoms with van der Waals surface area (Å²) >= 11 is 0. The number of carbonyl (C=O) groups excluding carboxylic acids is 1. The van der Waals surface area contributed by atoms with Crippen molar-refractivity contribution in [3.63, 3.8) is 0 Å². The Morgan fingerprint density at radius 3 is 2.71 bits per heavy atom. The van der Waals surface area contributed by atoms with Crippen LogP contribution in [0.2, 0.25) is 0 Å². The quantitative estimate of drug-likeness (QED) is 0.791. The van der Waals surface area contributed by atoms with Gasteiger partial charge in [-0.2, -0.15) is 0 Å². The number of rotatable bonds is 7. The fraction of sp³-hybridized carbons (Fsp3) is 0.571. The number of hydrogen-bond acceptors (Lipinski definition) is 4. The van der Waals surface area contributed by atoms with Crippen molar-refractivity contribution in [2.24, 2.45) is 0 Å². The van der Waals surface area contributed by atoms with Gasteiger partial charge in [-0.3, -0.25) is 4.21 Å². The maximum absolute atomic E-state index is 11.7. The second-order valence-corrected chi connectivity index (χ2v) is 6.89. The molecule has 118 valence electrons. The summed E-state index contributed by atoms with van der Waals surface area (Å²) < 4.78 is 11.2. The van der Waals surface area contributed by atoms with Crippen molar-refractivity contribution in [2.45, 2.75) is 25.1 Å². The molecular formula is C14H24N4O2S. The van der Waals surface area contributed by atoms with Gasteiger partial charge in [0.2, 0.25) is 0 Å². The normalized spacial score (nSPS) is 13.3. The second-order valence-electron chi connectivity index (χ2n) is 5.09.